The Morgan fingerprint density at radius 1 is 1.10 bits per heavy atom. The Morgan fingerprint density at radius 3 is 2.45 bits per heavy atom. The van der Waals surface area contributed by atoms with Gasteiger partial charge in [0.2, 0.25) is 5.75 Å². The zero-order valence-electron chi connectivity index (χ0n) is 12.0. The van der Waals surface area contributed by atoms with Gasteiger partial charge < -0.3 is 13.6 Å². The fourth-order valence-corrected chi connectivity index (χ4v) is 2.76. The molecule has 2 aromatic heterocycles. The molecule has 0 radical (unpaired) electrons. The van der Waals surface area contributed by atoms with Crippen LogP contribution in [0.15, 0.2) is 25.8 Å². The van der Waals surface area contributed by atoms with Crippen molar-refractivity contribution in [3.8, 4) is 5.75 Å². The molecule has 4 heteroatoms. The van der Waals surface area contributed by atoms with Crippen LogP contribution in [0.5, 0.6) is 5.75 Å². The van der Waals surface area contributed by atoms with Crippen LogP contribution in [0.2, 0.25) is 0 Å². The number of ether oxygens (including phenoxy) is 1. The van der Waals surface area contributed by atoms with Gasteiger partial charge >= 0.3 is 5.63 Å². The first-order chi connectivity index (χ1) is 9.56. The Morgan fingerprint density at radius 2 is 1.80 bits per heavy atom. The second kappa shape index (κ2) is 4.40. The van der Waals surface area contributed by atoms with Gasteiger partial charge in [0.1, 0.15) is 5.76 Å². The second-order valence-corrected chi connectivity index (χ2v) is 4.90. The van der Waals surface area contributed by atoms with Crippen LogP contribution < -0.4 is 10.4 Å². The van der Waals surface area contributed by atoms with E-state index in [-0.39, 0.29) is 5.63 Å². The van der Waals surface area contributed by atoms with Crippen molar-refractivity contribution < 1.29 is 13.6 Å². The summed E-state index contributed by atoms with van der Waals surface area (Å²) < 4.78 is 16.6. The van der Waals surface area contributed by atoms with E-state index in [1.165, 1.54) is 6.07 Å². The van der Waals surface area contributed by atoms with E-state index in [4.69, 9.17) is 13.6 Å². The molecule has 20 heavy (non-hydrogen) atoms. The molecule has 0 unspecified atom stereocenters. The molecule has 4 nitrogen and oxygen atoms in total. The lowest BCUT2D eigenvalue weighted by Crippen LogP contribution is -1.99. The predicted octanol–water partition coefficient (Wildman–Crippen LogP) is 3.73. The van der Waals surface area contributed by atoms with E-state index in [9.17, 15) is 4.79 Å². The third-order valence-electron chi connectivity index (χ3n) is 3.72. The molecule has 3 aromatic rings. The number of methoxy groups -OCH3 is 1. The maximum absolute atomic E-state index is 11.6. The summed E-state index contributed by atoms with van der Waals surface area (Å²) in [5.41, 5.74) is 2.74. The van der Waals surface area contributed by atoms with Crippen LogP contribution in [-0.4, -0.2) is 7.11 Å². The number of benzene rings is 1. The summed E-state index contributed by atoms with van der Waals surface area (Å²) in [5.74, 6) is 1.36. The zero-order valence-corrected chi connectivity index (χ0v) is 12.0. The molecule has 0 fully saturated rings. The molecule has 104 valence electrons. The first-order valence-corrected chi connectivity index (χ1v) is 6.60. The summed E-state index contributed by atoms with van der Waals surface area (Å²) >= 11 is 0. The smallest absolute Gasteiger partial charge is 0.336 e. The molecule has 0 atom stereocenters. The molecule has 0 aliphatic rings. The van der Waals surface area contributed by atoms with Crippen molar-refractivity contribution >= 4 is 21.9 Å². The standard InChI is InChI=1S/C16H16O4/c1-5-10-9(3)19-15-12(10)7-11-8(2)6-13(17)20-14(11)16(15)18-4/h6-7H,5H2,1-4H3. The average molecular weight is 272 g/mol. The average Bonchev–Trinajstić information content (AvgIpc) is 2.71. The topological polar surface area (TPSA) is 52.6 Å². The molecule has 0 saturated carbocycles. The van der Waals surface area contributed by atoms with E-state index in [1.54, 1.807) is 7.11 Å². The van der Waals surface area contributed by atoms with Gasteiger partial charge in [0.05, 0.1) is 7.11 Å². The first-order valence-electron chi connectivity index (χ1n) is 6.60. The molecule has 3 rings (SSSR count). The minimum atomic E-state index is -0.383. The molecule has 0 bridgehead atoms. The Kier molecular flexibility index (Phi) is 2.82. The molecule has 1 aromatic carbocycles. The monoisotopic (exact) mass is 272 g/mol. The van der Waals surface area contributed by atoms with Crippen LogP contribution in [0.25, 0.3) is 21.9 Å². The molecular weight excluding hydrogens is 256 g/mol. The summed E-state index contributed by atoms with van der Waals surface area (Å²) in [4.78, 5) is 11.6. The molecule has 0 saturated heterocycles. The van der Waals surface area contributed by atoms with Gasteiger partial charge in [-0.1, -0.05) is 6.92 Å². The lowest BCUT2D eigenvalue weighted by molar-refractivity contribution is 0.401. The fourth-order valence-electron chi connectivity index (χ4n) is 2.76. The predicted molar refractivity (Wildman–Crippen MR) is 77.7 cm³/mol. The van der Waals surface area contributed by atoms with Crippen molar-refractivity contribution in [2.45, 2.75) is 27.2 Å². The molecular formula is C16H16O4. The highest BCUT2D eigenvalue weighted by atomic mass is 16.5. The molecule has 0 aliphatic heterocycles. The summed E-state index contributed by atoms with van der Waals surface area (Å²) in [7, 11) is 1.56. The van der Waals surface area contributed by atoms with Gasteiger partial charge in [-0.05, 0) is 31.9 Å². The molecule has 2 heterocycles. The maximum atomic E-state index is 11.6. The van der Waals surface area contributed by atoms with Crippen molar-refractivity contribution in [3.63, 3.8) is 0 Å². The van der Waals surface area contributed by atoms with Crippen LogP contribution >= 0.6 is 0 Å². The van der Waals surface area contributed by atoms with E-state index < -0.39 is 0 Å². The third-order valence-corrected chi connectivity index (χ3v) is 3.72. The zero-order chi connectivity index (χ0) is 14.4. The van der Waals surface area contributed by atoms with Gasteiger partial charge in [-0.3, -0.25) is 0 Å². The Labute approximate surface area is 115 Å². The lowest BCUT2D eigenvalue weighted by Gasteiger charge is -2.07. The SMILES string of the molecule is CCc1c(C)oc2c(OC)c3oc(=O)cc(C)c3cc12. The van der Waals surface area contributed by atoms with E-state index >= 15 is 0 Å². The van der Waals surface area contributed by atoms with E-state index in [2.05, 4.69) is 6.92 Å². The molecule has 0 amide bonds. The Hall–Kier alpha value is -2.23. The van der Waals surface area contributed by atoms with Crippen LogP contribution in [0.4, 0.5) is 0 Å². The summed E-state index contributed by atoms with van der Waals surface area (Å²) in [5, 5.41) is 1.90. The Bertz CT molecular complexity index is 868. The summed E-state index contributed by atoms with van der Waals surface area (Å²) in [6.45, 7) is 5.92. The van der Waals surface area contributed by atoms with Crippen molar-refractivity contribution in [1.82, 2.24) is 0 Å². The summed E-state index contributed by atoms with van der Waals surface area (Å²) in [6, 6.07) is 3.51. The number of fused-ring (bicyclic) bond motifs is 2. The van der Waals surface area contributed by atoms with Crippen molar-refractivity contribution in [3.05, 3.63) is 39.4 Å². The lowest BCUT2D eigenvalue weighted by atomic mass is 10.0. The normalized spacial score (nSPS) is 11.4. The van der Waals surface area contributed by atoms with Gasteiger partial charge in [-0.15, -0.1) is 0 Å². The number of furan rings is 1. The molecule has 0 spiro atoms. The fraction of sp³-hybridized carbons (Fsp3) is 0.312. The number of aryl methyl sites for hydroxylation is 3. The van der Waals surface area contributed by atoms with Crippen LogP contribution in [0.3, 0.4) is 0 Å². The van der Waals surface area contributed by atoms with E-state index in [0.29, 0.717) is 16.9 Å². The van der Waals surface area contributed by atoms with Crippen LogP contribution in [-0.2, 0) is 6.42 Å². The molecule has 0 N–H and O–H groups in total. The van der Waals surface area contributed by atoms with Crippen molar-refractivity contribution in [2.75, 3.05) is 7.11 Å². The van der Waals surface area contributed by atoms with E-state index in [0.717, 1.165) is 34.1 Å². The number of hydrogen-bond donors (Lipinski definition) is 0. The van der Waals surface area contributed by atoms with Gasteiger partial charge in [0, 0.05) is 22.4 Å². The summed E-state index contributed by atoms with van der Waals surface area (Å²) in [6.07, 6.45) is 0.878. The number of rotatable bonds is 2. The molecule has 0 aliphatic carbocycles. The third kappa shape index (κ3) is 1.64. The largest absolute Gasteiger partial charge is 0.490 e. The van der Waals surface area contributed by atoms with Gasteiger partial charge in [-0.25, -0.2) is 4.79 Å². The van der Waals surface area contributed by atoms with E-state index in [1.807, 2.05) is 19.9 Å². The highest BCUT2D eigenvalue weighted by Crippen LogP contribution is 2.39. The van der Waals surface area contributed by atoms with Crippen LogP contribution in [0.1, 0.15) is 23.8 Å². The minimum absolute atomic E-state index is 0.383. The van der Waals surface area contributed by atoms with Gasteiger partial charge in [0.15, 0.2) is 11.2 Å². The minimum Gasteiger partial charge on any atom is -0.490 e. The maximum Gasteiger partial charge on any atom is 0.336 e. The Balaban J connectivity index is 2.60. The van der Waals surface area contributed by atoms with Crippen molar-refractivity contribution in [1.29, 1.82) is 0 Å². The number of hydrogen-bond acceptors (Lipinski definition) is 4. The van der Waals surface area contributed by atoms with Crippen molar-refractivity contribution in [2.24, 2.45) is 0 Å². The quantitative estimate of drug-likeness (QED) is 0.667. The van der Waals surface area contributed by atoms with Gasteiger partial charge in [0.25, 0.3) is 0 Å². The van der Waals surface area contributed by atoms with Gasteiger partial charge in [-0.2, -0.15) is 0 Å². The first kappa shape index (κ1) is 12.8. The van der Waals surface area contributed by atoms with Crippen LogP contribution in [0, 0.1) is 13.8 Å². The second-order valence-electron chi connectivity index (χ2n) is 4.90. The highest BCUT2D eigenvalue weighted by Gasteiger charge is 2.19. The highest BCUT2D eigenvalue weighted by molar-refractivity contribution is 6.02.